The summed E-state index contributed by atoms with van der Waals surface area (Å²) in [6.45, 7) is 4.29. The number of phenols is 1. The molecule has 0 aliphatic carbocycles. The number of carbonyl (C=O) groups is 1. The number of benzene rings is 2. The highest BCUT2D eigenvalue weighted by atomic mass is 32.2. The first-order valence-corrected chi connectivity index (χ1v) is 11.4. The summed E-state index contributed by atoms with van der Waals surface area (Å²) >= 11 is 0. The number of H-pyrrole nitrogens is 1. The molecular formula is C22H23N3O4S. The number of hydrogen-bond acceptors (Lipinski definition) is 5. The highest BCUT2D eigenvalue weighted by Crippen LogP contribution is 2.47. The van der Waals surface area contributed by atoms with Crippen LogP contribution in [0, 0.1) is 0 Å². The van der Waals surface area contributed by atoms with Crippen LogP contribution in [-0.2, 0) is 21.9 Å². The van der Waals surface area contributed by atoms with Crippen LogP contribution in [0.2, 0.25) is 0 Å². The van der Waals surface area contributed by atoms with Crippen molar-refractivity contribution in [3.63, 3.8) is 0 Å². The lowest BCUT2D eigenvalue weighted by molar-refractivity contribution is 0.0993. The summed E-state index contributed by atoms with van der Waals surface area (Å²) in [6, 6.07) is 11.8. The van der Waals surface area contributed by atoms with Gasteiger partial charge in [0, 0.05) is 35.7 Å². The zero-order valence-corrected chi connectivity index (χ0v) is 17.8. The normalized spacial score (nSPS) is 15.2. The summed E-state index contributed by atoms with van der Waals surface area (Å²) in [6.07, 6.45) is 2.95. The van der Waals surface area contributed by atoms with E-state index < -0.39 is 15.4 Å². The minimum atomic E-state index is -3.51. The third-order valence-corrected chi connectivity index (χ3v) is 6.54. The van der Waals surface area contributed by atoms with Crippen LogP contribution in [0.3, 0.4) is 0 Å². The molecule has 2 N–H and O–H groups in total. The first kappa shape index (κ1) is 20.2. The maximum absolute atomic E-state index is 13.1. The van der Waals surface area contributed by atoms with Crippen LogP contribution in [0.1, 0.15) is 35.3 Å². The lowest BCUT2D eigenvalue weighted by Crippen LogP contribution is -2.33. The molecule has 0 radical (unpaired) electrons. The molecule has 7 nitrogen and oxygen atoms in total. The van der Waals surface area contributed by atoms with Gasteiger partial charge in [0.15, 0.2) is 5.78 Å². The van der Waals surface area contributed by atoms with Crippen LogP contribution >= 0.6 is 0 Å². The predicted octanol–water partition coefficient (Wildman–Crippen LogP) is 3.26. The van der Waals surface area contributed by atoms with Gasteiger partial charge >= 0.3 is 0 Å². The number of hydrogen-bond donors (Lipinski definition) is 2. The molecular weight excluding hydrogens is 402 g/mol. The van der Waals surface area contributed by atoms with Crippen molar-refractivity contribution in [2.45, 2.75) is 25.7 Å². The second kappa shape index (κ2) is 6.98. The highest BCUT2D eigenvalue weighted by Gasteiger charge is 2.41. The number of fused-ring (bicyclic) bond motifs is 1. The average Bonchev–Trinajstić information content (AvgIpc) is 3.29. The second-order valence-corrected chi connectivity index (χ2v) is 10.2. The first-order valence-electron chi connectivity index (χ1n) is 9.53. The van der Waals surface area contributed by atoms with Crippen LogP contribution in [0.4, 0.5) is 5.69 Å². The Morgan fingerprint density at radius 2 is 1.90 bits per heavy atom. The average molecular weight is 426 g/mol. The highest BCUT2D eigenvalue weighted by molar-refractivity contribution is 7.92. The van der Waals surface area contributed by atoms with E-state index in [1.807, 2.05) is 26.0 Å². The smallest absolute Gasteiger partial charge is 0.232 e. The lowest BCUT2D eigenvalue weighted by Gasteiger charge is -2.21. The summed E-state index contributed by atoms with van der Waals surface area (Å²) in [4.78, 5) is 13.1. The van der Waals surface area contributed by atoms with Gasteiger partial charge in [-0.3, -0.25) is 14.2 Å². The molecule has 1 aromatic heterocycles. The fourth-order valence-electron chi connectivity index (χ4n) is 4.03. The van der Waals surface area contributed by atoms with Crippen molar-refractivity contribution in [2.24, 2.45) is 0 Å². The van der Waals surface area contributed by atoms with Crippen molar-refractivity contribution in [1.29, 1.82) is 0 Å². The number of rotatable bonds is 5. The summed E-state index contributed by atoms with van der Waals surface area (Å²) in [5.41, 5.74) is 3.67. The molecule has 0 fully saturated rings. The van der Waals surface area contributed by atoms with E-state index in [0.29, 0.717) is 17.8 Å². The fraction of sp³-hybridized carbons (Fsp3) is 0.273. The molecule has 0 unspecified atom stereocenters. The third-order valence-electron chi connectivity index (χ3n) is 5.42. The van der Waals surface area contributed by atoms with Crippen LogP contribution in [0.25, 0.3) is 11.3 Å². The number of sulfonamides is 1. The van der Waals surface area contributed by atoms with E-state index in [-0.39, 0.29) is 18.0 Å². The van der Waals surface area contributed by atoms with Gasteiger partial charge in [-0.25, -0.2) is 8.42 Å². The Morgan fingerprint density at radius 1 is 1.20 bits per heavy atom. The SMILES string of the molecule is CC1(C)CN(S(C)(=O)=O)c2cc(C(=O)Cc3ccc(O)cc3)cc(-c3ccn[nH]3)c21. The number of aromatic hydroxyl groups is 1. The maximum atomic E-state index is 13.1. The Morgan fingerprint density at radius 3 is 2.50 bits per heavy atom. The van der Waals surface area contributed by atoms with Crippen molar-refractivity contribution in [3.05, 3.63) is 65.4 Å². The van der Waals surface area contributed by atoms with E-state index in [2.05, 4.69) is 10.2 Å². The predicted molar refractivity (Wildman–Crippen MR) is 115 cm³/mol. The van der Waals surface area contributed by atoms with Crippen LogP contribution in [0.15, 0.2) is 48.7 Å². The Bertz CT molecular complexity index is 1210. The maximum Gasteiger partial charge on any atom is 0.232 e. The molecule has 1 aliphatic rings. The van der Waals surface area contributed by atoms with Crippen molar-refractivity contribution in [3.8, 4) is 17.0 Å². The lowest BCUT2D eigenvalue weighted by atomic mass is 9.81. The van der Waals surface area contributed by atoms with Crippen molar-refractivity contribution in [1.82, 2.24) is 10.2 Å². The zero-order valence-electron chi connectivity index (χ0n) is 17.0. The van der Waals surface area contributed by atoms with Crippen molar-refractivity contribution < 1.29 is 18.3 Å². The molecule has 0 spiro atoms. The van der Waals surface area contributed by atoms with Gasteiger partial charge in [0.2, 0.25) is 10.0 Å². The quantitative estimate of drug-likeness (QED) is 0.611. The minimum absolute atomic E-state index is 0.135. The molecule has 156 valence electrons. The largest absolute Gasteiger partial charge is 0.508 e. The molecule has 4 rings (SSSR count). The number of aromatic nitrogens is 2. The summed E-state index contributed by atoms with van der Waals surface area (Å²) in [7, 11) is -3.51. The molecule has 8 heteroatoms. The number of aromatic amines is 1. The molecule has 0 amide bonds. The van der Waals surface area contributed by atoms with Gasteiger partial charge in [0.25, 0.3) is 0 Å². The van der Waals surface area contributed by atoms with Gasteiger partial charge in [0.05, 0.1) is 17.6 Å². The minimum Gasteiger partial charge on any atom is -0.508 e. The summed E-state index contributed by atoms with van der Waals surface area (Å²) in [5, 5.41) is 16.4. The van der Waals surface area contributed by atoms with Crippen LogP contribution in [0.5, 0.6) is 5.75 Å². The Balaban J connectivity index is 1.86. The van der Waals surface area contributed by atoms with E-state index in [0.717, 1.165) is 22.4 Å². The molecule has 0 atom stereocenters. The standard InChI is InChI=1S/C22H23N3O4S/c1-22(2)13-25(30(3,28)29)19-12-15(11-17(21(19)22)18-8-9-23-24-18)20(27)10-14-4-6-16(26)7-5-14/h4-9,11-12,26H,10,13H2,1-3H3,(H,23,24). The second-order valence-electron chi connectivity index (χ2n) is 8.31. The van der Waals surface area contributed by atoms with Gasteiger partial charge in [-0.05, 0) is 41.5 Å². The van der Waals surface area contributed by atoms with Gasteiger partial charge < -0.3 is 5.11 Å². The molecule has 3 aromatic rings. The van der Waals surface area contributed by atoms with Gasteiger partial charge in [-0.1, -0.05) is 26.0 Å². The van der Waals surface area contributed by atoms with E-state index in [1.54, 1.807) is 24.4 Å². The number of carbonyl (C=O) groups excluding carboxylic acids is 1. The number of anilines is 1. The summed E-state index contributed by atoms with van der Waals surface area (Å²) in [5.74, 6) is -0.00120. The first-order chi connectivity index (χ1) is 14.1. The Hall–Kier alpha value is -3.13. The molecule has 2 aromatic carbocycles. The number of Topliss-reactive ketones (excluding diaryl/α,β-unsaturated/α-hetero) is 1. The van der Waals surface area contributed by atoms with E-state index in [1.165, 1.54) is 22.7 Å². The topological polar surface area (TPSA) is 103 Å². The number of phenolic OH excluding ortho intramolecular Hbond substituents is 1. The van der Waals surface area contributed by atoms with Crippen molar-refractivity contribution in [2.75, 3.05) is 17.1 Å². The molecule has 0 saturated carbocycles. The molecule has 2 heterocycles. The van der Waals surface area contributed by atoms with E-state index in [9.17, 15) is 18.3 Å². The Kier molecular flexibility index (Phi) is 4.69. The van der Waals surface area contributed by atoms with Crippen LogP contribution in [-0.4, -0.2) is 42.3 Å². The number of ketones is 1. The molecule has 0 bridgehead atoms. The summed E-state index contributed by atoms with van der Waals surface area (Å²) < 4.78 is 26.3. The molecule has 1 aliphatic heterocycles. The van der Waals surface area contributed by atoms with Crippen LogP contribution < -0.4 is 4.31 Å². The zero-order chi connectivity index (χ0) is 21.7. The van der Waals surface area contributed by atoms with E-state index in [4.69, 9.17) is 0 Å². The Labute approximate surface area is 175 Å². The molecule has 30 heavy (non-hydrogen) atoms. The van der Waals surface area contributed by atoms with Gasteiger partial charge in [0.1, 0.15) is 5.75 Å². The fourth-order valence-corrected chi connectivity index (χ4v) is 5.09. The number of nitrogens with one attached hydrogen (secondary N) is 1. The van der Waals surface area contributed by atoms with Gasteiger partial charge in [-0.2, -0.15) is 5.10 Å². The number of nitrogens with zero attached hydrogens (tertiary/aromatic N) is 2. The van der Waals surface area contributed by atoms with Crippen molar-refractivity contribution >= 4 is 21.5 Å². The van der Waals surface area contributed by atoms with Gasteiger partial charge in [-0.15, -0.1) is 0 Å². The third kappa shape index (κ3) is 3.59. The molecule has 0 saturated heterocycles. The van der Waals surface area contributed by atoms with E-state index >= 15 is 0 Å². The monoisotopic (exact) mass is 425 g/mol.